The van der Waals surface area contributed by atoms with E-state index in [0.29, 0.717) is 5.69 Å². The van der Waals surface area contributed by atoms with Crippen molar-refractivity contribution in [3.8, 4) is 5.75 Å². The van der Waals surface area contributed by atoms with Crippen LogP contribution in [0, 0.1) is 0 Å². The van der Waals surface area contributed by atoms with Gasteiger partial charge in [0.2, 0.25) is 0 Å². The van der Waals surface area contributed by atoms with Crippen molar-refractivity contribution in [2.24, 2.45) is 0 Å². The first kappa shape index (κ1) is 9.71. The molecule has 0 bridgehead atoms. The molecular weight excluding hydrogens is 166 g/mol. The molecule has 13 heavy (non-hydrogen) atoms. The molecule has 70 valence electrons. The number of Topliss-reactive ketones (excluding diaryl/α,β-unsaturated/α-hetero) is 1. The van der Waals surface area contributed by atoms with Crippen molar-refractivity contribution in [1.29, 1.82) is 0 Å². The first-order chi connectivity index (χ1) is 6.19. The normalized spacial score (nSPS) is 9.77. The van der Waals surface area contributed by atoms with Gasteiger partial charge in [0.15, 0.2) is 5.78 Å². The minimum atomic E-state index is -0.0163. The Balaban J connectivity index is 3.13. The lowest BCUT2D eigenvalue weighted by atomic mass is 10.1. The van der Waals surface area contributed by atoms with Crippen LogP contribution in [-0.4, -0.2) is 17.9 Å². The highest BCUT2D eigenvalue weighted by Crippen LogP contribution is 2.18. The van der Waals surface area contributed by atoms with Gasteiger partial charge in [0.1, 0.15) is 11.4 Å². The van der Waals surface area contributed by atoms with Crippen LogP contribution >= 0.6 is 0 Å². The molecule has 3 heteroatoms. The van der Waals surface area contributed by atoms with Crippen LogP contribution in [0.5, 0.6) is 5.75 Å². The molecule has 3 nitrogen and oxygen atoms in total. The van der Waals surface area contributed by atoms with Crippen molar-refractivity contribution in [1.82, 2.24) is 4.98 Å². The summed E-state index contributed by atoms with van der Waals surface area (Å²) in [6.45, 7) is 3.52. The van der Waals surface area contributed by atoms with Gasteiger partial charge in [-0.1, -0.05) is 6.92 Å². The number of pyridine rings is 1. The summed E-state index contributed by atoms with van der Waals surface area (Å²) in [4.78, 5) is 15.0. The van der Waals surface area contributed by atoms with E-state index >= 15 is 0 Å². The number of aryl methyl sites for hydroxylation is 1. The first-order valence-electron chi connectivity index (χ1n) is 4.22. The van der Waals surface area contributed by atoms with Crippen molar-refractivity contribution in [2.75, 3.05) is 7.11 Å². The molecule has 0 N–H and O–H groups in total. The number of nitrogens with zero attached hydrogens (tertiary/aromatic N) is 1. The van der Waals surface area contributed by atoms with Crippen LogP contribution < -0.4 is 4.74 Å². The van der Waals surface area contributed by atoms with Crippen LogP contribution in [0.3, 0.4) is 0 Å². The Bertz CT molecular complexity index is 321. The predicted octanol–water partition coefficient (Wildman–Crippen LogP) is 1.86. The number of rotatable bonds is 3. The molecule has 0 fully saturated rings. The van der Waals surface area contributed by atoms with E-state index in [9.17, 15) is 4.79 Å². The molecule has 0 aliphatic rings. The molecule has 1 aromatic rings. The van der Waals surface area contributed by atoms with Gasteiger partial charge in [0.25, 0.3) is 0 Å². The number of aromatic nitrogens is 1. The number of carbonyl (C=O) groups is 1. The highest BCUT2D eigenvalue weighted by molar-refractivity contribution is 5.92. The van der Waals surface area contributed by atoms with Gasteiger partial charge in [0.05, 0.1) is 13.3 Å². The Morgan fingerprint density at radius 2 is 2.31 bits per heavy atom. The van der Waals surface area contributed by atoms with E-state index in [1.165, 1.54) is 6.92 Å². The largest absolute Gasteiger partial charge is 0.495 e. The number of carbonyl (C=O) groups excluding carboxylic acids is 1. The molecule has 0 spiro atoms. The maximum Gasteiger partial charge on any atom is 0.178 e. The molecule has 0 saturated heterocycles. The Kier molecular flexibility index (Phi) is 3.01. The molecule has 0 aromatic carbocycles. The zero-order valence-corrected chi connectivity index (χ0v) is 8.13. The first-order valence-corrected chi connectivity index (χ1v) is 4.22. The third kappa shape index (κ3) is 2.05. The molecule has 0 saturated carbocycles. The zero-order valence-electron chi connectivity index (χ0n) is 8.13. The SMILES string of the molecule is CCc1cc(C(C)=O)ncc1OC. The summed E-state index contributed by atoms with van der Waals surface area (Å²) in [5.41, 5.74) is 1.51. The zero-order chi connectivity index (χ0) is 9.84. The molecule has 1 rings (SSSR count). The van der Waals surface area contributed by atoms with Gasteiger partial charge in [-0.05, 0) is 18.1 Å². The standard InChI is InChI=1S/C10H13NO2/c1-4-8-5-9(7(2)12)11-6-10(8)13-3/h5-6H,4H2,1-3H3. The number of ether oxygens (including phenoxy) is 1. The van der Waals surface area contributed by atoms with E-state index in [4.69, 9.17) is 4.74 Å². The number of methoxy groups -OCH3 is 1. The molecule has 0 atom stereocenters. The maximum atomic E-state index is 11.0. The average Bonchev–Trinajstić information content (AvgIpc) is 2.16. The quantitative estimate of drug-likeness (QED) is 0.665. The molecule has 1 aromatic heterocycles. The number of hydrogen-bond acceptors (Lipinski definition) is 3. The van der Waals surface area contributed by atoms with E-state index in [-0.39, 0.29) is 5.78 Å². The molecule has 1 heterocycles. The van der Waals surface area contributed by atoms with Crippen molar-refractivity contribution in [3.05, 3.63) is 23.5 Å². The number of hydrogen-bond donors (Lipinski definition) is 0. The summed E-state index contributed by atoms with van der Waals surface area (Å²) >= 11 is 0. The molecule has 0 aliphatic heterocycles. The van der Waals surface area contributed by atoms with Crippen molar-refractivity contribution >= 4 is 5.78 Å². The minimum Gasteiger partial charge on any atom is -0.495 e. The lowest BCUT2D eigenvalue weighted by molar-refractivity contribution is 0.101. The Labute approximate surface area is 77.8 Å². The summed E-state index contributed by atoms with van der Waals surface area (Å²) in [5.74, 6) is 0.727. The van der Waals surface area contributed by atoms with Crippen molar-refractivity contribution in [2.45, 2.75) is 20.3 Å². The lowest BCUT2D eigenvalue weighted by Gasteiger charge is -2.06. The summed E-state index contributed by atoms with van der Waals surface area (Å²) in [7, 11) is 1.60. The van der Waals surface area contributed by atoms with Crippen LogP contribution in [0.1, 0.15) is 29.9 Å². The third-order valence-electron chi connectivity index (χ3n) is 1.91. The fourth-order valence-corrected chi connectivity index (χ4v) is 1.14. The van der Waals surface area contributed by atoms with Gasteiger partial charge in [-0.2, -0.15) is 0 Å². The van der Waals surface area contributed by atoms with Gasteiger partial charge in [-0.15, -0.1) is 0 Å². The highest BCUT2D eigenvalue weighted by Gasteiger charge is 2.06. The van der Waals surface area contributed by atoms with Crippen LogP contribution in [0.4, 0.5) is 0 Å². The Morgan fingerprint density at radius 3 is 2.77 bits per heavy atom. The maximum absolute atomic E-state index is 11.0. The van der Waals surface area contributed by atoms with Crippen molar-refractivity contribution in [3.63, 3.8) is 0 Å². The fourth-order valence-electron chi connectivity index (χ4n) is 1.14. The average molecular weight is 179 g/mol. The van der Waals surface area contributed by atoms with Crippen LogP contribution in [0.2, 0.25) is 0 Å². The van der Waals surface area contributed by atoms with Gasteiger partial charge in [-0.3, -0.25) is 4.79 Å². The summed E-state index contributed by atoms with van der Waals surface area (Å²) in [6, 6.07) is 1.78. The minimum absolute atomic E-state index is 0.0163. The second kappa shape index (κ2) is 4.03. The van der Waals surface area contributed by atoms with E-state index in [1.807, 2.05) is 6.92 Å². The smallest absolute Gasteiger partial charge is 0.178 e. The fraction of sp³-hybridized carbons (Fsp3) is 0.400. The summed E-state index contributed by atoms with van der Waals surface area (Å²) < 4.78 is 5.10. The van der Waals surface area contributed by atoms with Gasteiger partial charge >= 0.3 is 0 Å². The second-order valence-corrected chi connectivity index (χ2v) is 2.79. The van der Waals surface area contributed by atoms with Gasteiger partial charge < -0.3 is 4.74 Å². The molecule has 0 radical (unpaired) electrons. The monoisotopic (exact) mass is 179 g/mol. The molecule has 0 unspecified atom stereocenters. The topological polar surface area (TPSA) is 39.2 Å². The van der Waals surface area contributed by atoms with E-state index in [2.05, 4.69) is 4.98 Å². The lowest BCUT2D eigenvalue weighted by Crippen LogP contribution is -2.00. The number of ketones is 1. The van der Waals surface area contributed by atoms with Crippen molar-refractivity contribution < 1.29 is 9.53 Å². The Morgan fingerprint density at radius 1 is 1.62 bits per heavy atom. The van der Waals surface area contributed by atoms with Gasteiger partial charge in [0, 0.05) is 6.92 Å². The van der Waals surface area contributed by atoms with Gasteiger partial charge in [-0.25, -0.2) is 4.98 Å². The third-order valence-corrected chi connectivity index (χ3v) is 1.91. The van der Waals surface area contributed by atoms with E-state index in [0.717, 1.165) is 17.7 Å². The highest BCUT2D eigenvalue weighted by atomic mass is 16.5. The second-order valence-electron chi connectivity index (χ2n) is 2.79. The summed E-state index contributed by atoms with van der Waals surface area (Å²) in [6.07, 6.45) is 2.43. The Hall–Kier alpha value is -1.38. The predicted molar refractivity (Wildman–Crippen MR) is 50.2 cm³/mol. The summed E-state index contributed by atoms with van der Waals surface area (Å²) in [5, 5.41) is 0. The van der Waals surface area contributed by atoms with E-state index < -0.39 is 0 Å². The molecule has 0 amide bonds. The molecule has 0 aliphatic carbocycles. The van der Waals surface area contributed by atoms with E-state index in [1.54, 1.807) is 19.4 Å². The van der Waals surface area contributed by atoms with Crippen LogP contribution in [0.15, 0.2) is 12.3 Å². The van der Waals surface area contributed by atoms with Crippen LogP contribution in [0.25, 0.3) is 0 Å². The molecular formula is C10H13NO2. The van der Waals surface area contributed by atoms with Crippen LogP contribution in [-0.2, 0) is 6.42 Å².